The molecule has 0 spiro atoms. The first-order valence-electron chi connectivity index (χ1n) is 8.37. The molecule has 0 atom stereocenters. The van der Waals surface area contributed by atoms with E-state index in [1.807, 2.05) is 6.07 Å². The average molecular weight is 327 g/mol. The zero-order valence-corrected chi connectivity index (χ0v) is 14.9. The van der Waals surface area contributed by atoms with Crippen molar-refractivity contribution in [2.45, 2.75) is 52.5 Å². The van der Waals surface area contributed by atoms with Crippen LogP contribution in [0, 0.1) is 12.7 Å². The Morgan fingerprint density at radius 1 is 1.04 bits per heavy atom. The van der Waals surface area contributed by atoms with Gasteiger partial charge in [-0.1, -0.05) is 57.2 Å². The van der Waals surface area contributed by atoms with E-state index >= 15 is 0 Å². The van der Waals surface area contributed by atoms with E-state index in [4.69, 9.17) is 0 Å². The van der Waals surface area contributed by atoms with Gasteiger partial charge in [-0.15, -0.1) is 0 Å². The van der Waals surface area contributed by atoms with E-state index in [0.717, 1.165) is 11.1 Å². The predicted octanol–water partition coefficient (Wildman–Crippen LogP) is 4.68. The number of amides is 1. The molecular formula is C21H26FNO. The molecule has 0 aliphatic rings. The van der Waals surface area contributed by atoms with E-state index in [1.54, 1.807) is 13.0 Å². The molecule has 0 saturated heterocycles. The zero-order chi connectivity index (χ0) is 17.7. The summed E-state index contributed by atoms with van der Waals surface area (Å²) in [7, 11) is 0. The number of hydrogen-bond donors (Lipinski definition) is 1. The molecule has 0 heterocycles. The minimum Gasteiger partial charge on any atom is -0.352 e. The first kappa shape index (κ1) is 18.2. The molecular weight excluding hydrogens is 301 g/mol. The van der Waals surface area contributed by atoms with Crippen molar-refractivity contribution >= 4 is 5.91 Å². The Bertz CT molecular complexity index is 699. The Balaban J connectivity index is 1.81. The standard InChI is InChI=1S/C21H26FNO/c1-15-5-6-16(13-19(15)22)9-12-20(24)23-14-17-7-10-18(11-8-17)21(2,3)4/h5-8,10-11,13H,9,12,14H2,1-4H3,(H,23,24). The molecule has 2 nitrogen and oxygen atoms in total. The maximum Gasteiger partial charge on any atom is 0.220 e. The summed E-state index contributed by atoms with van der Waals surface area (Å²) in [6, 6.07) is 13.4. The van der Waals surface area contributed by atoms with Crippen LogP contribution in [0.1, 0.15) is 49.4 Å². The van der Waals surface area contributed by atoms with Gasteiger partial charge in [0.2, 0.25) is 5.91 Å². The molecule has 1 amide bonds. The number of carbonyl (C=O) groups is 1. The van der Waals surface area contributed by atoms with Crippen molar-refractivity contribution in [1.82, 2.24) is 5.32 Å². The second-order valence-corrected chi connectivity index (χ2v) is 7.31. The largest absolute Gasteiger partial charge is 0.352 e. The maximum absolute atomic E-state index is 13.5. The molecule has 2 aromatic carbocycles. The van der Waals surface area contributed by atoms with E-state index in [-0.39, 0.29) is 17.1 Å². The van der Waals surface area contributed by atoms with Crippen molar-refractivity contribution in [3.8, 4) is 0 Å². The van der Waals surface area contributed by atoms with Crippen LogP contribution in [0.2, 0.25) is 0 Å². The van der Waals surface area contributed by atoms with Crippen molar-refractivity contribution in [1.29, 1.82) is 0 Å². The highest BCUT2D eigenvalue weighted by atomic mass is 19.1. The molecule has 3 heteroatoms. The first-order chi connectivity index (χ1) is 11.3. The van der Waals surface area contributed by atoms with Crippen molar-refractivity contribution in [3.05, 3.63) is 70.5 Å². The Morgan fingerprint density at radius 2 is 1.67 bits per heavy atom. The monoisotopic (exact) mass is 327 g/mol. The molecule has 0 aromatic heterocycles. The number of halogens is 1. The van der Waals surface area contributed by atoms with Crippen LogP contribution in [0.5, 0.6) is 0 Å². The number of carbonyl (C=O) groups excluding carboxylic acids is 1. The van der Waals surface area contributed by atoms with Crippen LogP contribution in [0.3, 0.4) is 0 Å². The Hall–Kier alpha value is -2.16. The molecule has 2 aromatic rings. The summed E-state index contributed by atoms with van der Waals surface area (Å²) in [5.74, 6) is -0.234. The fourth-order valence-corrected chi connectivity index (χ4v) is 2.46. The second-order valence-electron chi connectivity index (χ2n) is 7.31. The van der Waals surface area contributed by atoms with Gasteiger partial charge < -0.3 is 5.32 Å². The van der Waals surface area contributed by atoms with Crippen LogP contribution in [0.25, 0.3) is 0 Å². The fraction of sp³-hybridized carbons (Fsp3) is 0.381. The molecule has 0 aliphatic carbocycles. The molecule has 0 radical (unpaired) electrons. The fourth-order valence-electron chi connectivity index (χ4n) is 2.46. The van der Waals surface area contributed by atoms with Gasteiger partial charge in [0, 0.05) is 13.0 Å². The lowest BCUT2D eigenvalue weighted by Gasteiger charge is -2.19. The lowest BCUT2D eigenvalue weighted by atomic mass is 9.87. The van der Waals surface area contributed by atoms with Crippen molar-refractivity contribution in [2.75, 3.05) is 0 Å². The molecule has 0 unspecified atom stereocenters. The van der Waals surface area contributed by atoms with Crippen LogP contribution >= 0.6 is 0 Å². The molecule has 0 bridgehead atoms. The summed E-state index contributed by atoms with van der Waals surface area (Å²) in [5, 5.41) is 2.92. The highest BCUT2D eigenvalue weighted by Gasteiger charge is 2.12. The summed E-state index contributed by atoms with van der Waals surface area (Å²) in [6.07, 6.45) is 0.911. The summed E-state index contributed by atoms with van der Waals surface area (Å²) >= 11 is 0. The van der Waals surface area contributed by atoms with Gasteiger partial charge in [0.25, 0.3) is 0 Å². The summed E-state index contributed by atoms with van der Waals surface area (Å²) in [4.78, 5) is 12.0. The van der Waals surface area contributed by atoms with Crippen molar-refractivity contribution < 1.29 is 9.18 Å². The van der Waals surface area contributed by atoms with E-state index in [2.05, 4.69) is 50.4 Å². The van der Waals surface area contributed by atoms with Gasteiger partial charge in [0.1, 0.15) is 5.82 Å². The van der Waals surface area contributed by atoms with Crippen molar-refractivity contribution in [3.63, 3.8) is 0 Å². The number of benzene rings is 2. The summed E-state index contributed by atoms with van der Waals surface area (Å²) in [6.45, 7) is 8.79. The van der Waals surface area contributed by atoms with E-state index in [9.17, 15) is 9.18 Å². The lowest BCUT2D eigenvalue weighted by molar-refractivity contribution is -0.121. The highest BCUT2D eigenvalue weighted by Crippen LogP contribution is 2.22. The highest BCUT2D eigenvalue weighted by molar-refractivity contribution is 5.76. The van der Waals surface area contributed by atoms with Crippen LogP contribution in [0.15, 0.2) is 42.5 Å². The topological polar surface area (TPSA) is 29.1 Å². The molecule has 1 N–H and O–H groups in total. The number of aryl methyl sites for hydroxylation is 2. The molecule has 0 fully saturated rings. The van der Waals surface area contributed by atoms with Crippen LogP contribution in [-0.4, -0.2) is 5.91 Å². The Kier molecular flexibility index (Phi) is 5.76. The van der Waals surface area contributed by atoms with Gasteiger partial charge in [0.05, 0.1) is 0 Å². The Labute approximate surface area is 144 Å². The molecule has 0 saturated carbocycles. The van der Waals surface area contributed by atoms with Gasteiger partial charge in [0.15, 0.2) is 0 Å². The number of nitrogens with one attached hydrogen (secondary N) is 1. The zero-order valence-electron chi connectivity index (χ0n) is 14.9. The van der Waals surface area contributed by atoms with Gasteiger partial charge in [-0.25, -0.2) is 4.39 Å². The summed E-state index contributed by atoms with van der Waals surface area (Å²) in [5.41, 5.74) is 3.96. The quantitative estimate of drug-likeness (QED) is 0.849. The summed E-state index contributed by atoms with van der Waals surface area (Å²) < 4.78 is 13.5. The van der Waals surface area contributed by atoms with Gasteiger partial charge >= 0.3 is 0 Å². The third-order valence-corrected chi connectivity index (χ3v) is 4.19. The maximum atomic E-state index is 13.5. The van der Waals surface area contributed by atoms with Gasteiger partial charge in [-0.2, -0.15) is 0 Å². The average Bonchev–Trinajstić information content (AvgIpc) is 2.53. The van der Waals surface area contributed by atoms with Crippen LogP contribution in [0.4, 0.5) is 4.39 Å². The smallest absolute Gasteiger partial charge is 0.220 e. The minimum absolute atomic E-state index is 0.0177. The normalized spacial score (nSPS) is 11.4. The number of rotatable bonds is 5. The predicted molar refractivity (Wildman–Crippen MR) is 96.4 cm³/mol. The van der Waals surface area contributed by atoms with Gasteiger partial charge in [-0.05, 0) is 47.1 Å². The SMILES string of the molecule is Cc1ccc(CCC(=O)NCc2ccc(C(C)(C)C)cc2)cc1F. The van der Waals surface area contributed by atoms with E-state index in [0.29, 0.717) is 24.9 Å². The third kappa shape index (κ3) is 5.19. The molecule has 2 rings (SSSR count). The molecule has 128 valence electrons. The lowest BCUT2D eigenvalue weighted by Crippen LogP contribution is -2.23. The van der Waals surface area contributed by atoms with E-state index < -0.39 is 0 Å². The first-order valence-corrected chi connectivity index (χ1v) is 8.37. The van der Waals surface area contributed by atoms with E-state index in [1.165, 1.54) is 11.6 Å². The van der Waals surface area contributed by atoms with Crippen LogP contribution in [-0.2, 0) is 23.2 Å². The van der Waals surface area contributed by atoms with Crippen LogP contribution < -0.4 is 5.32 Å². The van der Waals surface area contributed by atoms with Gasteiger partial charge in [-0.3, -0.25) is 4.79 Å². The molecule has 24 heavy (non-hydrogen) atoms. The second kappa shape index (κ2) is 7.61. The minimum atomic E-state index is -0.216. The van der Waals surface area contributed by atoms with Crippen molar-refractivity contribution in [2.24, 2.45) is 0 Å². The Morgan fingerprint density at radius 3 is 2.25 bits per heavy atom. The number of hydrogen-bond acceptors (Lipinski definition) is 1. The molecule has 0 aliphatic heterocycles. The third-order valence-electron chi connectivity index (χ3n) is 4.19.